The molecular weight excluding hydrogens is 350 g/mol. The molecule has 1 aromatic carbocycles. The Morgan fingerprint density at radius 3 is 2.43 bits per heavy atom. The molecule has 0 fully saturated rings. The number of nitrogens with one attached hydrogen (secondary N) is 1. The number of aryl methyl sites for hydroxylation is 2. The molecule has 28 heavy (non-hydrogen) atoms. The molecule has 6 nitrogen and oxygen atoms in total. The van der Waals surface area contributed by atoms with Crippen LogP contribution < -0.4 is 5.32 Å². The van der Waals surface area contributed by atoms with E-state index in [2.05, 4.69) is 49.2 Å². The van der Waals surface area contributed by atoms with Gasteiger partial charge in [-0.25, -0.2) is 4.98 Å². The molecule has 1 atom stereocenters. The van der Waals surface area contributed by atoms with E-state index in [4.69, 9.17) is 0 Å². The van der Waals surface area contributed by atoms with Crippen LogP contribution in [0.1, 0.15) is 48.1 Å². The molecule has 1 N–H and O–H groups in total. The first-order valence-electron chi connectivity index (χ1n) is 9.59. The Morgan fingerprint density at radius 1 is 1.18 bits per heavy atom. The second-order valence-electron chi connectivity index (χ2n) is 8.43. The van der Waals surface area contributed by atoms with Crippen LogP contribution in [-0.2, 0) is 13.1 Å². The first kappa shape index (κ1) is 19.9. The van der Waals surface area contributed by atoms with E-state index in [1.807, 2.05) is 46.6 Å². The fourth-order valence-electron chi connectivity index (χ4n) is 3.15. The minimum atomic E-state index is -0.0741. The van der Waals surface area contributed by atoms with Crippen molar-refractivity contribution in [2.24, 2.45) is 5.41 Å². The van der Waals surface area contributed by atoms with Crippen molar-refractivity contribution in [2.45, 2.75) is 53.8 Å². The average Bonchev–Trinajstić information content (AvgIpc) is 3.23. The zero-order valence-electron chi connectivity index (χ0n) is 17.3. The molecule has 148 valence electrons. The van der Waals surface area contributed by atoms with E-state index in [9.17, 15) is 4.79 Å². The highest BCUT2D eigenvalue weighted by atomic mass is 16.1. The van der Waals surface area contributed by atoms with E-state index in [-0.39, 0.29) is 17.4 Å². The summed E-state index contributed by atoms with van der Waals surface area (Å²) in [6.07, 6.45) is 5.44. The van der Waals surface area contributed by atoms with Crippen LogP contribution in [0, 0.1) is 19.3 Å². The van der Waals surface area contributed by atoms with Gasteiger partial charge in [-0.2, -0.15) is 5.10 Å². The third-order valence-electron chi connectivity index (χ3n) is 4.96. The maximum Gasteiger partial charge on any atom is 0.251 e. The third kappa shape index (κ3) is 4.88. The van der Waals surface area contributed by atoms with Crippen LogP contribution in [0.5, 0.6) is 0 Å². The second-order valence-corrected chi connectivity index (χ2v) is 8.43. The largest absolute Gasteiger partial charge is 0.347 e. The Balaban J connectivity index is 1.68. The molecule has 0 saturated heterocycles. The number of hydrogen-bond acceptors (Lipinski definition) is 3. The fraction of sp³-hybridized carbons (Fsp3) is 0.409. The first-order chi connectivity index (χ1) is 13.2. The first-order valence-corrected chi connectivity index (χ1v) is 9.59. The molecule has 3 rings (SSSR count). The van der Waals surface area contributed by atoms with Gasteiger partial charge in [0.05, 0.1) is 24.6 Å². The summed E-state index contributed by atoms with van der Waals surface area (Å²) in [5.74, 6) is -0.0577. The quantitative estimate of drug-likeness (QED) is 0.712. The summed E-state index contributed by atoms with van der Waals surface area (Å²) in [4.78, 5) is 16.9. The molecule has 2 aromatic heterocycles. The van der Waals surface area contributed by atoms with Crippen molar-refractivity contribution in [1.82, 2.24) is 24.6 Å². The van der Waals surface area contributed by atoms with Crippen LogP contribution in [0.3, 0.4) is 0 Å². The van der Waals surface area contributed by atoms with Crippen LogP contribution in [0.2, 0.25) is 0 Å². The molecular formula is C22H29N5O. The topological polar surface area (TPSA) is 64.7 Å². The standard InChI is InChI=1S/C22H29N5O/c1-16-12-17(2)27(25-16)13-18-6-8-19(9-7-18)21(28)24-20(22(3,4)5)14-26-11-10-23-15-26/h6-12,15,20H,13-14H2,1-5H3,(H,24,28). The SMILES string of the molecule is Cc1cc(C)n(Cc2ccc(C(=O)NC(Cn3ccnc3)C(C)(C)C)cc2)n1. The number of hydrogen-bond donors (Lipinski definition) is 1. The molecule has 1 amide bonds. The zero-order chi connectivity index (χ0) is 20.3. The normalized spacial score (nSPS) is 12.8. The number of carbonyl (C=O) groups is 1. The van der Waals surface area contributed by atoms with Crippen molar-refractivity contribution in [3.63, 3.8) is 0 Å². The van der Waals surface area contributed by atoms with Crippen molar-refractivity contribution >= 4 is 5.91 Å². The number of rotatable bonds is 6. The van der Waals surface area contributed by atoms with Crippen LogP contribution in [0.4, 0.5) is 0 Å². The molecule has 0 saturated carbocycles. The number of imidazole rings is 1. The Morgan fingerprint density at radius 2 is 1.89 bits per heavy atom. The Labute approximate surface area is 166 Å². The maximum absolute atomic E-state index is 12.8. The van der Waals surface area contributed by atoms with Crippen LogP contribution in [0.15, 0.2) is 49.1 Å². The lowest BCUT2D eigenvalue weighted by Gasteiger charge is -2.31. The summed E-state index contributed by atoms with van der Waals surface area (Å²) in [6, 6.07) is 9.80. The van der Waals surface area contributed by atoms with E-state index in [1.54, 1.807) is 12.5 Å². The van der Waals surface area contributed by atoms with Gasteiger partial charge in [0.25, 0.3) is 5.91 Å². The molecule has 0 bridgehead atoms. The molecule has 3 aromatic rings. The van der Waals surface area contributed by atoms with Gasteiger partial charge in [-0.3, -0.25) is 9.48 Å². The van der Waals surface area contributed by atoms with Crippen molar-refractivity contribution in [3.8, 4) is 0 Å². The van der Waals surface area contributed by atoms with Gasteiger partial charge in [-0.1, -0.05) is 32.9 Å². The molecule has 2 heterocycles. The van der Waals surface area contributed by atoms with Gasteiger partial charge >= 0.3 is 0 Å². The maximum atomic E-state index is 12.8. The number of benzene rings is 1. The predicted molar refractivity (Wildman–Crippen MR) is 110 cm³/mol. The van der Waals surface area contributed by atoms with Gasteiger partial charge in [0, 0.05) is 30.2 Å². The molecule has 0 aliphatic heterocycles. The number of nitrogens with zero attached hydrogens (tertiary/aromatic N) is 4. The lowest BCUT2D eigenvalue weighted by Crippen LogP contribution is -2.46. The Hall–Kier alpha value is -2.89. The summed E-state index contributed by atoms with van der Waals surface area (Å²) in [6.45, 7) is 11.8. The molecule has 1 unspecified atom stereocenters. The zero-order valence-corrected chi connectivity index (χ0v) is 17.3. The molecule has 0 aliphatic carbocycles. The summed E-state index contributed by atoms with van der Waals surface area (Å²) < 4.78 is 3.97. The molecule has 0 spiro atoms. The number of carbonyl (C=O) groups excluding carboxylic acids is 1. The van der Waals surface area contributed by atoms with E-state index >= 15 is 0 Å². The van der Waals surface area contributed by atoms with Crippen LogP contribution in [0.25, 0.3) is 0 Å². The summed E-state index contributed by atoms with van der Waals surface area (Å²) in [7, 11) is 0. The minimum absolute atomic E-state index is 0.0106. The van der Waals surface area contributed by atoms with Crippen molar-refractivity contribution in [3.05, 3.63) is 71.6 Å². The highest BCUT2D eigenvalue weighted by Crippen LogP contribution is 2.21. The highest BCUT2D eigenvalue weighted by Gasteiger charge is 2.27. The van der Waals surface area contributed by atoms with E-state index in [0.29, 0.717) is 18.7 Å². The number of aromatic nitrogens is 4. The second kappa shape index (κ2) is 8.00. The average molecular weight is 380 g/mol. The van der Waals surface area contributed by atoms with Gasteiger partial charge in [0.15, 0.2) is 0 Å². The summed E-state index contributed by atoms with van der Waals surface area (Å²) >= 11 is 0. The van der Waals surface area contributed by atoms with E-state index in [0.717, 1.165) is 17.0 Å². The van der Waals surface area contributed by atoms with Crippen LogP contribution in [-0.4, -0.2) is 31.3 Å². The van der Waals surface area contributed by atoms with Gasteiger partial charge < -0.3 is 9.88 Å². The van der Waals surface area contributed by atoms with Crippen LogP contribution >= 0.6 is 0 Å². The van der Waals surface area contributed by atoms with Crippen molar-refractivity contribution < 1.29 is 4.79 Å². The Kier molecular flexibility index (Phi) is 5.68. The summed E-state index contributed by atoms with van der Waals surface area (Å²) in [5.41, 5.74) is 3.85. The molecule has 0 radical (unpaired) electrons. The van der Waals surface area contributed by atoms with Crippen molar-refractivity contribution in [2.75, 3.05) is 0 Å². The van der Waals surface area contributed by atoms with E-state index in [1.165, 1.54) is 0 Å². The fourth-order valence-corrected chi connectivity index (χ4v) is 3.15. The predicted octanol–water partition coefficient (Wildman–Crippen LogP) is 3.59. The van der Waals surface area contributed by atoms with Gasteiger partial charge in [0.1, 0.15) is 0 Å². The smallest absolute Gasteiger partial charge is 0.251 e. The third-order valence-corrected chi connectivity index (χ3v) is 4.96. The monoisotopic (exact) mass is 379 g/mol. The number of amides is 1. The molecule has 0 aliphatic rings. The Bertz CT molecular complexity index is 917. The van der Waals surface area contributed by atoms with Crippen molar-refractivity contribution in [1.29, 1.82) is 0 Å². The van der Waals surface area contributed by atoms with E-state index < -0.39 is 0 Å². The van der Waals surface area contributed by atoms with Gasteiger partial charge in [-0.15, -0.1) is 0 Å². The van der Waals surface area contributed by atoms with Gasteiger partial charge in [-0.05, 0) is 43.0 Å². The molecule has 6 heteroatoms. The van der Waals surface area contributed by atoms with Gasteiger partial charge in [0.2, 0.25) is 0 Å². The highest BCUT2D eigenvalue weighted by molar-refractivity contribution is 5.94. The summed E-state index contributed by atoms with van der Waals surface area (Å²) in [5, 5.41) is 7.68. The lowest BCUT2D eigenvalue weighted by molar-refractivity contribution is 0.0892. The minimum Gasteiger partial charge on any atom is -0.347 e. The lowest BCUT2D eigenvalue weighted by atomic mass is 9.86.